The van der Waals surface area contributed by atoms with Gasteiger partial charge in [-0.25, -0.2) is 0 Å². The van der Waals surface area contributed by atoms with Gasteiger partial charge in [0, 0.05) is 11.3 Å². The molecule has 2 aliphatic carbocycles. The predicted molar refractivity (Wildman–Crippen MR) is 123 cm³/mol. The summed E-state index contributed by atoms with van der Waals surface area (Å²) >= 11 is 1.67. The smallest absolute Gasteiger partial charge is 0.276 e. The molecular formula is C25H34N2O2S. The molecule has 4 rings (SSSR count). The first-order valence-corrected chi connectivity index (χ1v) is 12.1. The van der Waals surface area contributed by atoms with Crippen molar-refractivity contribution in [1.82, 2.24) is 10.2 Å². The van der Waals surface area contributed by atoms with Crippen molar-refractivity contribution >= 4 is 11.8 Å². The molecule has 2 fully saturated rings. The number of rotatable bonds is 6. The number of benzene rings is 1. The van der Waals surface area contributed by atoms with Crippen LogP contribution in [0.1, 0.15) is 59.3 Å². The van der Waals surface area contributed by atoms with Crippen LogP contribution in [0.2, 0.25) is 0 Å². The predicted octanol–water partition coefficient (Wildman–Crippen LogP) is 7.03. The largest absolute Gasteiger partial charge is 0.497 e. The molecule has 0 aliphatic heterocycles. The highest BCUT2D eigenvalue weighted by atomic mass is 32.2. The average molecular weight is 427 g/mol. The fourth-order valence-corrected chi connectivity index (χ4v) is 6.95. The maximum atomic E-state index is 5.90. The second-order valence-electron chi connectivity index (χ2n) is 9.89. The maximum Gasteiger partial charge on any atom is 0.276 e. The number of fused-ring (bicyclic) bond motifs is 1. The van der Waals surface area contributed by atoms with Crippen LogP contribution < -0.4 is 4.74 Å². The summed E-state index contributed by atoms with van der Waals surface area (Å²) in [6.07, 6.45) is 7.65. The van der Waals surface area contributed by atoms with Gasteiger partial charge in [-0.3, -0.25) is 0 Å². The van der Waals surface area contributed by atoms with Gasteiger partial charge in [0.1, 0.15) is 5.75 Å². The molecule has 1 unspecified atom stereocenters. The molecule has 0 saturated heterocycles. The Hall–Kier alpha value is -1.75. The molecule has 1 heterocycles. The third-order valence-corrected chi connectivity index (χ3v) is 8.55. The van der Waals surface area contributed by atoms with Gasteiger partial charge in [-0.15, -0.1) is 10.2 Å². The number of methoxy groups -OCH3 is 1. The zero-order valence-electron chi connectivity index (χ0n) is 18.7. The number of thioether (sulfide) groups is 1. The van der Waals surface area contributed by atoms with Crippen LogP contribution in [-0.2, 0) is 0 Å². The summed E-state index contributed by atoms with van der Waals surface area (Å²) < 4.78 is 11.1. The monoisotopic (exact) mass is 426 g/mol. The third kappa shape index (κ3) is 4.05. The molecule has 0 amide bonds. The van der Waals surface area contributed by atoms with E-state index in [9.17, 15) is 0 Å². The molecular weight excluding hydrogens is 392 g/mol. The summed E-state index contributed by atoms with van der Waals surface area (Å²) in [4.78, 5) is 0. The molecule has 2 aromatic rings. The normalized spacial score (nSPS) is 28.2. The summed E-state index contributed by atoms with van der Waals surface area (Å²) in [6, 6.07) is 7.70. The molecule has 0 N–H and O–H groups in total. The molecule has 2 aliphatic rings. The highest BCUT2D eigenvalue weighted by Gasteiger charge is 2.52. The first-order chi connectivity index (χ1) is 14.3. The quantitative estimate of drug-likeness (QED) is 0.367. The SMILES string of the molecule is C=C1CCC2C(C)(C)CCC[C@]2(C)[C@@H]1CCSc1nnc(-c2ccc(OC)cc2)o1. The van der Waals surface area contributed by atoms with Crippen LogP contribution in [-0.4, -0.2) is 23.1 Å². The van der Waals surface area contributed by atoms with Crippen LogP contribution in [0.3, 0.4) is 0 Å². The van der Waals surface area contributed by atoms with E-state index in [1.807, 2.05) is 24.3 Å². The lowest BCUT2D eigenvalue weighted by molar-refractivity contribution is -0.0524. The van der Waals surface area contributed by atoms with Gasteiger partial charge < -0.3 is 9.15 Å². The molecule has 1 aromatic heterocycles. The first kappa shape index (κ1) is 21.5. The second kappa shape index (κ2) is 8.41. The van der Waals surface area contributed by atoms with Crippen LogP contribution >= 0.6 is 11.8 Å². The van der Waals surface area contributed by atoms with E-state index in [-0.39, 0.29) is 0 Å². The summed E-state index contributed by atoms with van der Waals surface area (Å²) in [5, 5.41) is 9.12. The van der Waals surface area contributed by atoms with Gasteiger partial charge >= 0.3 is 0 Å². The van der Waals surface area contributed by atoms with E-state index < -0.39 is 0 Å². The molecule has 0 bridgehead atoms. The molecule has 162 valence electrons. The molecule has 3 atom stereocenters. The number of hydrogen-bond acceptors (Lipinski definition) is 5. The van der Waals surface area contributed by atoms with Crippen LogP contribution in [0.4, 0.5) is 0 Å². The van der Waals surface area contributed by atoms with Gasteiger partial charge in [-0.1, -0.05) is 51.1 Å². The minimum atomic E-state index is 0.376. The van der Waals surface area contributed by atoms with E-state index >= 15 is 0 Å². The summed E-state index contributed by atoms with van der Waals surface area (Å²) in [5.41, 5.74) is 3.19. The fourth-order valence-electron chi connectivity index (χ4n) is 6.19. The van der Waals surface area contributed by atoms with Gasteiger partial charge in [-0.05, 0) is 79.0 Å². The minimum Gasteiger partial charge on any atom is -0.497 e. The number of hydrogen-bond donors (Lipinski definition) is 0. The van der Waals surface area contributed by atoms with Gasteiger partial charge in [0.2, 0.25) is 5.89 Å². The highest BCUT2D eigenvalue weighted by Crippen LogP contribution is 2.61. The van der Waals surface area contributed by atoms with Crippen molar-refractivity contribution in [3.8, 4) is 17.2 Å². The van der Waals surface area contributed by atoms with Crippen LogP contribution in [0.25, 0.3) is 11.5 Å². The van der Waals surface area contributed by atoms with Gasteiger partial charge in [-0.2, -0.15) is 0 Å². The Morgan fingerprint density at radius 3 is 2.67 bits per heavy atom. The molecule has 30 heavy (non-hydrogen) atoms. The van der Waals surface area contributed by atoms with Crippen molar-refractivity contribution < 1.29 is 9.15 Å². The van der Waals surface area contributed by atoms with Crippen molar-refractivity contribution in [3.05, 3.63) is 36.4 Å². The number of aromatic nitrogens is 2. The summed E-state index contributed by atoms with van der Waals surface area (Å²) in [7, 11) is 1.66. The topological polar surface area (TPSA) is 48.2 Å². The zero-order valence-corrected chi connectivity index (χ0v) is 19.6. The van der Waals surface area contributed by atoms with Gasteiger partial charge in [0.15, 0.2) is 0 Å². The van der Waals surface area contributed by atoms with E-state index in [4.69, 9.17) is 9.15 Å². The Kier molecular flexibility index (Phi) is 6.02. The van der Waals surface area contributed by atoms with Crippen molar-refractivity contribution in [1.29, 1.82) is 0 Å². The highest BCUT2D eigenvalue weighted by molar-refractivity contribution is 7.99. The summed E-state index contributed by atoms with van der Waals surface area (Å²) in [6.45, 7) is 12.0. The van der Waals surface area contributed by atoms with Crippen molar-refractivity contribution in [3.63, 3.8) is 0 Å². The molecule has 0 spiro atoms. The lowest BCUT2D eigenvalue weighted by Crippen LogP contribution is -2.49. The Morgan fingerprint density at radius 2 is 1.93 bits per heavy atom. The Morgan fingerprint density at radius 1 is 1.17 bits per heavy atom. The molecule has 4 nitrogen and oxygen atoms in total. The first-order valence-electron chi connectivity index (χ1n) is 11.1. The van der Waals surface area contributed by atoms with E-state index in [2.05, 4.69) is 37.5 Å². The standard InChI is InChI=1S/C25H34N2O2S/c1-17-7-12-21-24(2,3)14-6-15-25(21,4)20(17)13-16-30-23-27-26-22(29-23)18-8-10-19(28-5)11-9-18/h8-11,20-21H,1,6-7,12-16H2,2-5H3/t20-,21?,25-/m1/s1. The Balaban J connectivity index is 1.40. The van der Waals surface area contributed by atoms with Crippen molar-refractivity contribution in [2.75, 3.05) is 12.9 Å². The Bertz CT molecular complexity index is 889. The lowest BCUT2D eigenvalue weighted by atomic mass is 9.47. The van der Waals surface area contributed by atoms with Crippen molar-refractivity contribution in [2.45, 2.75) is 64.5 Å². The second-order valence-corrected chi connectivity index (χ2v) is 10.9. The molecule has 1 aromatic carbocycles. The fraction of sp³-hybridized carbons (Fsp3) is 0.600. The van der Waals surface area contributed by atoms with E-state index in [0.29, 0.717) is 27.9 Å². The van der Waals surface area contributed by atoms with Crippen LogP contribution in [0, 0.1) is 22.7 Å². The van der Waals surface area contributed by atoms with Gasteiger partial charge in [0.05, 0.1) is 7.11 Å². The summed E-state index contributed by atoms with van der Waals surface area (Å²) in [5.74, 6) is 3.75. The van der Waals surface area contributed by atoms with Crippen LogP contribution in [0.5, 0.6) is 5.75 Å². The van der Waals surface area contributed by atoms with E-state index in [1.54, 1.807) is 18.9 Å². The number of ether oxygens (including phenoxy) is 1. The zero-order chi connectivity index (χ0) is 21.4. The van der Waals surface area contributed by atoms with Gasteiger partial charge in [0.25, 0.3) is 5.22 Å². The number of allylic oxidation sites excluding steroid dienone is 1. The number of nitrogens with zero attached hydrogens (tertiary/aromatic N) is 2. The lowest BCUT2D eigenvalue weighted by Gasteiger charge is -2.58. The Labute approximate surface area is 184 Å². The average Bonchev–Trinajstić information content (AvgIpc) is 3.18. The molecule has 2 saturated carbocycles. The van der Waals surface area contributed by atoms with E-state index in [1.165, 1.54) is 37.7 Å². The third-order valence-electron chi connectivity index (χ3n) is 7.69. The maximum absolute atomic E-state index is 5.90. The van der Waals surface area contributed by atoms with Crippen molar-refractivity contribution in [2.24, 2.45) is 22.7 Å². The minimum absolute atomic E-state index is 0.376. The van der Waals surface area contributed by atoms with Crippen LogP contribution in [0.15, 0.2) is 46.1 Å². The molecule has 5 heteroatoms. The van der Waals surface area contributed by atoms with E-state index in [0.717, 1.165) is 29.4 Å². The molecule has 0 radical (unpaired) electrons.